The van der Waals surface area contributed by atoms with Gasteiger partial charge in [-0.05, 0) is 110 Å². The molecule has 2 aliphatic heterocycles. The van der Waals surface area contributed by atoms with Gasteiger partial charge in [-0.15, -0.1) is 0 Å². The minimum absolute atomic E-state index is 0.0731. The topological polar surface area (TPSA) is 192 Å². The van der Waals surface area contributed by atoms with Gasteiger partial charge in [-0.25, -0.2) is 9.36 Å². The summed E-state index contributed by atoms with van der Waals surface area (Å²) in [6, 6.07) is 28.4. The Morgan fingerprint density at radius 1 is 0.643 bits per heavy atom. The predicted octanol–water partition coefficient (Wildman–Crippen LogP) is 6.26. The van der Waals surface area contributed by atoms with Gasteiger partial charge in [0.25, 0.3) is 17.7 Å². The van der Waals surface area contributed by atoms with Gasteiger partial charge in [0.05, 0.1) is 42.7 Å². The molecule has 0 aliphatic carbocycles. The van der Waals surface area contributed by atoms with Crippen LogP contribution in [0.5, 0.6) is 11.5 Å². The van der Waals surface area contributed by atoms with Crippen LogP contribution in [0.2, 0.25) is 0 Å². The van der Waals surface area contributed by atoms with Crippen LogP contribution in [-0.4, -0.2) is 64.6 Å². The van der Waals surface area contributed by atoms with E-state index in [1.165, 1.54) is 4.68 Å². The molecule has 16 heteroatoms. The molecular formula is C40H34N10O6. The minimum atomic E-state index is -0.699. The van der Waals surface area contributed by atoms with Crippen molar-refractivity contribution in [2.45, 2.75) is 19.4 Å². The van der Waals surface area contributed by atoms with E-state index in [0.717, 1.165) is 0 Å². The highest BCUT2D eigenvalue weighted by Crippen LogP contribution is 2.33. The van der Waals surface area contributed by atoms with E-state index in [0.29, 0.717) is 94.1 Å². The second kappa shape index (κ2) is 14.7. The Labute approximate surface area is 319 Å². The Balaban J connectivity index is 0.977. The SMILES string of the molecule is COc1ccc(-n2nc(CN=O)c3c2C(=O)N(c2ccc(N=Nc4ccc(N5CCc6c(C(N)=O)nn(-c7ccc(OC)cc7)c6C5=O)cc4)cc2)CC3)cc1. The highest BCUT2D eigenvalue weighted by molar-refractivity contribution is 6.10. The third-order valence-electron chi connectivity index (χ3n) is 9.80. The largest absolute Gasteiger partial charge is 0.497 e. The summed E-state index contributed by atoms with van der Waals surface area (Å²) >= 11 is 0. The molecule has 3 amide bonds. The van der Waals surface area contributed by atoms with Crippen LogP contribution in [0.4, 0.5) is 22.7 Å². The molecule has 0 bridgehead atoms. The lowest BCUT2D eigenvalue weighted by molar-refractivity contribution is 0.0964. The molecule has 0 atom stereocenters. The number of carbonyl (C=O) groups excluding carboxylic acids is 3. The summed E-state index contributed by atoms with van der Waals surface area (Å²) < 4.78 is 13.5. The van der Waals surface area contributed by atoms with Crippen molar-refractivity contribution in [3.63, 3.8) is 0 Å². The standard InChI is InChI=1S/C40H34N10O6/c1-55-30-15-11-28(12-16-30)49-36-32(34(45-49)23-42-54)19-21-47(39(36)52)26-7-3-24(4-8-26)43-44-25-5-9-27(10-6-25)48-22-20-33-35(38(41)51)46-50(37(33)40(48)53)29-13-17-31(56-2)18-14-29/h3-18H,19-23H2,1-2H3,(H2,41,51). The molecule has 6 aromatic rings. The summed E-state index contributed by atoms with van der Waals surface area (Å²) in [4.78, 5) is 54.6. The first-order valence-electron chi connectivity index (χ1n) is 17.6. The number of nitroso groups, excluding NO2 is 1. The van der Waals surface area contributed by atoms with E-state index in [4.69, 9.17) is 15.2 Å². The molecule has 4 aromatic carbocycles. The number of hydrogen-bond donors (Lipinski definition) is 1. The molecule has 280 valence electrons. The monoisotopic (exact) mass is 750 g/mol. The number of fused-ring (bicyclic) bond motifs is 2. The molecule has 2 aliphatic rings. The fourth-order valence-corrected chi connectivity index (χ4v) is 7.00. The van der Waals surface area contributed by atoms with Crippen LogP contribution in [0.3, 0.4) is 0 Å². The fourth-order valence-electron chi connectivity index (χ4n) is 7.00. The Kier molecular flexibility index (Phi) is 9.35. The number of carbonyl (C=O) groups is 3. The number of hydrogen-bond acceptors (Lipinski definition) is 11. The number of anilines is 2. The highest BCUT2D eigenvalue weighted by atomic mass is 16.5. The molecule has 8 rings (SSSR count). The van der Waals surface area contributed by atoms with E-state index in [-0.39, 0.29) is 29.7 Å². The summed E-state index contributed by atoms with van der Waals surface area (Å²) in [5, 5.41) is 20.8. The number of primary amides is 1. The fraction of sp³-hybridized carbons (Fsp3) is 0.175. The molecule has 2 aromatic heterocycles. The quantitative estimate of drug-likeness (QED) is 0.118. The van der Waals surface area contributed by atoms with Crippen molar-refractivity contribution in [3.8, 4) is 22.9 Å². The first kappa shape index (κ1) is 35.5. The van der Waals surface area contributed by atoms with Crippen LogP contribution in [0.15, 0.2) is 112 Å². The van der Waals surface area contributed by atoms with Gasteiger partial charge in [0.15, 0.2) is 5.69 Å². The Hall–Kier alpha value is -7.49. The number of amides is 3. The smallest absolute Gasteiger partial charge is 0.277 e. The molecule has 0 radical (unpaired) electrons. The van der Waals surface area contributed by atoms with E-state index >= 15 is 0 Å². The third-order valence-corrected chi connectivity index (χ3v) is 9.80. The van der Waals surface area contributed by atoms with Crippen molar-refractivity contribution in [1.82, 2.24) is 19.6 Å². The van der Waals surface area contributed by atoms with Crippen LogP contribution in [0, 0.1) is 4.91 Å². The van der Waals surface area contributed by atoms with Gasteiger partial charge in [0, 0.05) is 35.6 Å². The summed E-state index contributed by atoms with van der Waals surface area (Å²) in [7, 11) is 3.14. The van der Waals surface area contributed by atoms with Gasteiger partial charge in [0.2, 0.25) is 0 Å². The number of methoxy groups -OCH3 is 2. The maximum absolute atomic E-state index is 13.9. The van der Waals surface area contributed by atoms with Crippen molar-refractivity contribution in [2.24, 2.45) is 21.1 Å². The number of ether oxygens (including phenoxy) is 2. The molecule has 2 N–H and O–H groups in total. The molecule has 56 heavy (non-hydrogen) atoms. The zero-order valence-corrected chi connectivity index (χ0v) is 30.3. The normalized spacial score (nSPS) is 13.8. The molecule has 0 saturated heterocycles. The summed E-state index contributed by atoms with van der Waals surface area (Å²) in [6.45, 7) is 0.598. The number of nitrogens with zero attached hydrogens (tertiary/aromatic N) is 9. The van der Waals surface area contributed by atoms with Gasteiger partial charge in [0.1, 0.15) is 29.4 Å². The third kappa shape index (κ3) is 6.42. The van der Waals surface area contributed by atoms with Gasteiger partial charge in [-0.3, -0.25) is 14.4 Å². The van der Waals surface area contributed by atoms with Crippen molar-refractivity contribution in [2.75, 3.05) is 37.1 Å². The summed E-state index contributed by atoms with van der Waals surface area (Å²) in [5.41, 5.74) is 11.8. The van der Waals surface area contributed by atoms with E-state index in [1.807, 2.05) is 0 Å². The van der Waals surface area contributed by atoms with Crippen LogP contribution in [0.1, 0.15) is 48.3 Å². The second-order valence-electron chi connectivity index (χ2n) is 13.0. The maximum atomic E-state index is 13.9. The molecule has 16 nitrogen and oxygen atoms in total. The van der Waals surface area contributed by atoms with Crippen LogP contribution in [0.25, 0.3) is 11.4 Å². The minimum Gasteiger partial charge on any atom is -0.497 e. The van der Waals surface area contributed by atoms with Gasteiger partial charge in [-0.1, -0.05) is 5.18 Å². The lowest BCUT2D eigenvalue weighted by atomic mass is 10.0. The summed E-state index contributed by atoms with van der Waals surface area (Å²) in [6.07, 6.45) is 0.895. The predicted molar refractivity (Wildman–Crippen MR) is 206 cm³/mol. The first-order valence-corrected chi connectivity index (χ1v) is 17.6. The van der Waals surface area contributed by atoms with Crippen molar-refractivity contribution in [1.29, 1.82) is 0 Å². The van der Waals surface area contributed by atoms with Crippen molar-refractivity contribution >= 4 is 40.5 Å². The van der Waals surface area contributed by atoms with Crippen molar-refractivity contribution < 1.29 is 23.9 Å². The first-order chi connectivity index (χ1) is 27.3. The number of azo groups is 1. The average Bonchev–Trinajstić information content (AvgIpc) is 3.81. The number of aromatic nitrogens is 4. The maximum Gasteiger partial charge on any atom is 0.277 e. The molecule has 0 fully saturated rings. The van der Waals surface area contributed by atoms with Crippen LogP contribution in [-0.2, 0) is 19.4 Å². The van der Waals surface area contributed by atoms with E-state index < -0.39 is 5.91 Å². The van der Waals surface area contributed by atoms with Crippen LogP contribution < -0.4 is 25.0 Å². The van der Waals surface area contributed by atoms with Gasteiger partial charge >= 0.3 is 0 Å². The molecule has 0 spiro atoms. The molecule has 0 saturated carbocycles. The summed E-state index contributed by atoms with van der Waals surface area (Å²) in [5.74, 6) is 0.0417. The Morgan fingerprint density at radius 2 is 1.07 bits per heavy atom. The Bertz CT molecular complexity index is 2510. The zero-order valence-electron chi connectivity index (χ0n) is 30.3. The van der Waals surface area contributed by atoms with E-state index in [2.05, 4.69) is 25.6 Å². The van der Waals surface area contributed by atoms with Crippen LogP contribution >= 0.6 is 0 Å². The second-order valence-corrected chi connectivity index (χ2v) is 13.0. The molecule has 0 unspecified atom stereocenters. The lowest BCUT2D eigenvalue weighted by Crippen LogP contribution is -2.39. The van der Waals surface area contributed by atoms with E-state index in [1.54, 1.807) is 126 Å². The zero-order chi connectivity index (χ0) is 38.9. The van der Waals surface area contributed by atoms with Gasteiger partial charge in [-0.2, -0.15) is 25.3 Å². The number of benzene rings is 4. The Morgan fingerprint density at radius 3 is 1.52 bits per heavy atom. The highest BCUT2D eigenvalue weighted by Gasteiger charge is 2.35. The number of rotatable bonds is 11. The molecule has 4 heterocycles. The molecular weight excluding hydrogens is 717 g/mol. The number of nitrogens with two attached hydrogens (primary N) is 1. The lowest BCUT2D eigenvalue weighted by Gasteiger charge is -2.28. The van der Waals surface area contributed by atoms with Gasteiger partial charge < -0.3 is 25.0 Å². The average molecular weight is 751 g/mol. The van der Waals surface area contributed by atoms with Crippen molar-refractivity contribution in [3.05, 3.63) is 136 Å². The van der Waals surface area contributed by atoms with E-state index in [9.17, 15) is 19.3 Å².